The lowest BCUT2D eigenvalue weighted by atomic mass is 10.0. The molecular formula is C14H30N2O. The van der Waals surface area contributed by atoms with E-state index in [4.69, 9.17) is 0 Å². The summed E-state index contributed by atoms with van der Waals surface area (Å²) in [4.78, 5) is 14.2. The minimum Gasteiger partial charge on any atom is -0.342 e. The van der Waals surface area contributed by atoms with Crippen molar-refractivity contribution in [3.8, 4) is 0 Å². The smallest absolute Gasteiger partial charge is 0.226 e. The van der Waals surface area contributed by atoms with E-state index < -0.39 is 0 Å². The number of carbonyl (C=O) groups excluding carboxylic acids is 1. The molecule has 17 heavy (non-hydrogen) atoms. The summed E-state index contributed by atoms with van der Waals surface area (Å²) in [7, 11) is 0. The summed E-state index contributed by atoms with van der Waals surface area (Å²) < 4.78 is 0. The van der Waals surface area contributed by atoms with Gasteiger partial charge in [-0.25, -0.2) is 0 Å². The summed E-state index contributed by atoms with van der Waals surface area (Å²) in [5, 5.41) is 3.24. The first-order chi connectivity index (χ1) is 8.10. The Labute approximate surface area is 107 Å². The van der Waals surface area contributed by atoms with Gasteiger partial charge in [0.05, 0.1) is 0 Å². The summed E-state index contributed by atoms with van der Waals surface area (Å²) in [6.07, 6.45) is 2.31. The largest absolute Gasteiger partial charge is 0.342 e. The Morgan fingerprint density at radius 2 is 1.76 bits per heavy atom. The molecule has 0 aliphatic carbocycles. The number of hydrogen-bond acceptors (Lipinski definition) is 2. The second-order valence-electron chi connectivity index (χ2n) is 4.77. The van der Waals surface area contributed by atoms with Crippen LogP contribution >= 0.6 is 0 Å². The number of nitrogens with one attached hydrogen (secondary N) is 1. The lowest BCUT2D eigenvalue weighted by Gasteiger charge is -2.28. The molecule has 0 fully saturated rings. The van der Waals surface area contributed by atoms with Crippen LogP contribution in [0.4, 0.5) is 0 Å². The Morgan fingerprint density at radius 1 is 1.18 bits per heavy atom. The third kappa shape index (κ3) is 6.06. The molecule has 0 aromatic heterocycles. The van der Waals surface area contributed by atoms with E-state index in [9.17, 15) is 4.79 Å². The van der Waals surface area contributed by atoms with Crippen molar-refractivity contribution in [2.24, 2.45) is 11.8 Å². The first kappa shape index (κ1) is 16.4. The molecule has 0 saturated heterocycles. The molecule has 1 unspecified atom stereocenters. The van der Waals surface area contributed by atoms with Crippen molar-refractivity contribution < 1.29 is 4.79 Å². The fourth-order valence-electron chi connectivity index (χ4n) is 1.99. The minimum absolute atomic E-state index is 0.0873. The predicted octanol–water partition coefficient (Wildman–Crippen LogP) is 2.52. The first-order valence-corrected chi connectivity index (χ1v) is 7.09. The molecule has 0 heterocycles. The molecule has 0 aromatic carbocycles. The highest BCUT2D eigenvalue weighted by Gasteiger charge is 2.20. The minimum atomic E-state index is 0.0873. The van der Waals surface area contributed by atoms with Crippen LogP contribution in [0.5, 0.6) is 0 Å². The van der Waals surface area contributed by atoms with E-state index in [1.165, 1.54) is 0 Å². The molecule has 0 aliphatic heterocycles. The average Bonchev–Trinajstić information content (AvgIpc) is 2.36. The molecule has 0 rings (SSSR count). The second-order valence-corrected chi connectivity index (χ2v) is 4.77. The fourth-order valence-corrected chi connectivity index (χ4v) is 1.99. The van der Waals surface area contributed by atoms with Crippen LogP contribution in [-0.2, 0) is 4.79 Å². The van der Waals surface area contributed by atoms with Gasteiger partial charge >= 0.3 is 0 Å². The average molecular weight is 242 g/mol. The van der Waals surface area contributed by atoms with Gasteiger partial charge in [-0.15, -0.1) is 0 Å². The molecule has 0 aliphatic rings. The van der Waals surface area contributed by atoms with Gasteiger partial charge in [0.15, 0.2) is 0 Å². The van der Waals surface area contributed by atoms with Crippen LogP contribution < -0.4 is 5.32 Å². The molecule has 0 saturated carbocycles. The highest BCUT2D eigenvalue weighted by atomic mass is 16.2. The second kappa shape index (κ2) is 9.46. The summed E-state index contributed by atoms with van der Waals surface area (Å²) in [5.41, 5.74) is 0. The van der Waals surface area contributed by atoms with Gasteiger partial charge in [0.2, 0.25) is 5.91 Å². The Morgan fingerprint density at radius 3 is 2.18 bits per heavy atom. The van der Waals surface area contributed by atoms with E-state index in [2.05, 4.69) is 33.0 Å². The SMILES string of the molecule is CCNCC(C)C(=O)N(CC)CC(CC)CC. The van der Waals surface area contributed by atoms with Gasteiger partial charge in [-0.05, 0) is 19.4 Å². The zero-order chi connectivity index (χ0) is 13.3. The van der Waals surface area contributed by atoms with E-state index in [1.54, 1.807) is 0 Å². The van der Waals surface area contributed by atoms with Crippen LogP contribution in [0.25, 0.3) is 0 Å². The van der Waals surface area contributed by atoms with Crippen LogP contribution in [-0.4, -0.2) is 37.0 Å². The maximum atomic E-state index is 12.2. The molecular weight excluding hydrogens is 212 g/mol. The molecule has 3 nitrogen and oxygen atoms in total. The molecule has 1 N–H and O–H groups in total. The van der Waals surface area contributed by atoms with Crippen LogP contribution in [0, 0.1) is 11.8 Å². The van der Waals surface area contributed by atoms with Gasteiger partial charge in [0.1, 0.15) is 0 Å². The maximum absolute atomic E-state index is 12.2. The molecule has 102 valence electrons. The third-order valence-electron chi connectivity index (χ3n) is 3.45. The Kier molecular flexibility index (Phi) is 9.14. The van der Waals surface area contributed by atoms with Crippen LogP contribution in [0.3, 0.4) is 0 Å². The van der Waals surface area contributed by atoms with Gasteiger partial charge in [0, 0.05) is 25.6 Å². The predicted molar refractivity (Wildman–Crippen MR) is 74.0 cm³/mol. The van der Waals surface area contributed by atoms with Crippen LogP contribution in [0.1, 0.15) is 47.5 Å². The zero-order valence-electron chi connectivity index (χ0n) is 12.3. The molecule has 1 amide bonds. The van der Waals surface area contributed by atoms with Gasteiger partial charge in [-0.2, -0.15) is 0 Å². The summed E-state index contributed by atoms with van der Waals surface area (Å²) in [6.45, 7) is 14.0. The van der Waals surface area contributed by atoms with E-state index in [0.717, 1.165) is 39.0 Å². The van der Waals surface area contributed by atoms with Crippen molar-refractivity contribution in [3.05, 3.63) is 0 Å². The van der Waals surface area contributed by atoms with Gasteiger partial charge in [0.25, 0.3) is 0 Å². The highest BCUT2D eigenvalue weighted by Crippen LogP contribution is 2.12. The van der Waals surface area contributed by atoms with Crippen molar-refractivity contribution in [2.45, 2.75) is 47.5 Å². The number of carbonyl (C=O) groups is 1. The molecule has 0 bridgehead atoms. The van der Waals surface area contributed by atoms with Crippen LogP contribution in [0.15, 0.2) is 0 Å². The quantitative estimate of drug-likeness (QED) is 0.674. The molecule has 3 heteroatoms. The van der Waals surface area contributed by atoms with Gasteiger partial charge < -0.3 is 10.2 Å². The summed E-state index contributed by atoms with van der Waals surface area (Å²) in [5.74, 6) is 1.02. The number of nitrogens with zero attached hydrogens (tertiary/aromatic N) is 1. The first-order valence-electron chi connectivity index (χ1n) is 7.09. The Hall–Kier alpha value is -0.570. The Balaban J connectivity index is 4.28. The molecule has 0 radical (unpaired) electrons. The molecule has 1 atom stereocenters. The zero-order valence-corrected chi connectivity index (χ0v) is 12.3. The Bertz CT molecular complexity index is 202. The number of rotatable bonds is 9. The topological polar surface area (TPSA) is 32.3 Å². The van der Waals surface area contributed by atoms with E-state index in [-0.39, 0.29) is 5.92 Å². The highest BCUT2D eigenvalue weighted by molar-refractivity contribution is 5.78. The third-order valence-corrected chi connectivity index (χ3v) is 3.45. The normalized spacial score (nSPS) is 12.8. The van der Waals surface area contributed by atoms with Gasteiger partial charge in [-0.3, -0.25) is 4.79 Å². The number of amides is 1. The fraction of sp³-hybridized carbons (Fsp3) is 0.929. The lowest BCUT2D eigenvalue weighted by Crippen LogP contribution is -2.41. The number of hydrogen-bond donors (Lipinski definition) is 1. The van der Waals surface area contributed by atoms with E-state index >= 15 is 0 Å². The summed E-state index contributed by atoms with van der Waals surface area (Å²) in [6, 6.07) is 0. The van der Waals surface area contributed by atoms with E-state index in [0.29, 0.717) is 11.8 Å². The van der Waals surface area contributed by atoms with Crippen molar-refractivity contribution in [1.82, 2.24) is 10.2 Å². The lowest BCUT2D eigenvalue weighted by molar-refractivity contribution is -0.135. The monoisotopic (exact) mass is 242 g/mol. The van der Waals surface area contributed by atoms with Crippen molar-refractivity contribution in [2.75, 3.05) is 26.2 Å². The maximum Gasteiger partial charge on any atom is 0.226 e. The van der Waals surface area contributed by atoms with Gasteiger partial charge in [-0.1, -0.05) is 40.5 Å². The van der Waals surface area contributed by atoms with Crippen molar-refractivity contribution in [1.29, 1.82) is 0 Å². The van der Waals surface area contributed by atoms with Crippen molar-refractivity contribution >= 4 is 5.91 Å². The van der Waals surface area contributed by atoms with Crippen LogP contribution in [0.2, 0.25) is 0 Å². The molecule has 0 aromatic rings. The standard InChI is InChI=1S/C14H30N2O/c1-6-13(7-2)11-16(9-4)14(17)12(5)10-15-8-3/h12-13,15H,6-11H2,1-5H3. The van der Waals surface area contributed by atoms with Crippen molar-refractivity contribution in [3.63, 3.8) is 0 Å². The summed E-state index contributed by atoms with van der Waals surface area (Å²) >= 11 is 0. The molecule has 0 spiro atoms. The van der Waals surface area contributed by atoms with E-state index in [1.807, 2.05) is 11.8 Å².